The zero-order chi connectivity index (χ0) is 22.1. The number of aryl methyl sites for hydroxylation is 1. The number of halogens is 3. The molecule has 3 aromatic rings. The third-order valence-electron chi connectivity index (χ3n) is 3.70. The van der Waals surface area contributed by atoms with Crippen LogP contribution in [0.5, 0.6) is 5.75 Å². The average Bonchev–Trinajstić information content (AvgIpc) is 3.22. The summed E-state index contributed by atoms with van der Waals surface area (Å²) >= 11 is 0. The molecule has 7 nitrogen and oxygen atoms in total. The molecule has 0 spiro atoms. The Kier molecular flexibility index (Phi) is 7.56. The van der Waals surface area contributed by atoms with Crippen LogP contribution in [0.2, 0.25) is 0 Å². The number of rotatable bonds is 5. The van der Waals surface area contributed by atoms with Crippen LogP contribution in [0.3, 0.4) is 0 Å². The number of alkyl halides is 3. The summed E-state index contributed by atoms with van der Waals surface area (Å²) in [6.07, 6.45) is -1.51. The van der Waals surface area contributed by atoms with Crippen molar-refractivity contribution >= 4 is 17.6 Å². The molecule has 158 valence electrons. The molecule has 0 aliphatic rings. The fraction of sp³-hybridized carbons (Fsp3) is 0.150. The summed E-state index contributed by atoms with van der Waals surface area (Å²) in [4.78, 5) is 20.9. The number of nitrogens with zero attached hydrogens (tertiary/aromatic N) is 1. The number of carboxylic acid groups (broad SMARTS) is 1. The van der Waals surface area contributed by atoms with E-state index in [1.54, 1.807) is 6.20 Å². The van der Waals surface area contributed by atoms with Crippen LogP contribution in [0, 0.1) is 6.92 Å². The predicted octanol–water partition coefficient (Wildman–Crippen LogP) is 4.04. The molecule has 0 saturated carbocycles. The van der Waals surface area contributed by atoms with Gasteiger partial charge in [0.25, 0.3) is 5.91 Å². The van der Waals surface area contributed by atoms with E-state index in [1.807, 2.05) is 61.7 Å². The fourth-order valence-corrected chi connectivity index (χ4v) is 2.21. The Morgan fingerprint density at radius 3 is 2.27 bits per heavy atom. The summed E-state index contributed by atoms with van der Waals surface area (Å²) in [6.45, 7) is 1.93. The molecule has 3 rings (SSSR count). The topological polar surface area (TPSA) is 104 Å². The number of amides is 1. The van der Waals surface area contributed by atoms with Crippen LogP contribution >= 0.6 is 0 Å². The maximum atomic E-state index is 12.0. The van der Waals surface area contributed by atoms with E-state index in [4.69, 9.17) is 14.6 Å². The monoisotopic (exact) mass is 421 g/mol. The van der Waals surface area contributed by atoms with E-state index in [9.17, 15) is 18.0 Å². The van der Waals surface area contributed by atoms with Crippen molar-refractivity contribution in [2.45, 2.75) is 13.1 Å². The van der Waals surface area contributed by atoms with Gasteiger partial charge in [-0.1, -0.05) is 30.3 Å². The second-order valence-electron chi connectivity index (χ2n) is 5.97. The van der Waals surface area contributed by atoms with Crippen molar-refractivity contribution in [1.29, 1.82) is 0 Å². The number of hydrogen-bond donors (Lipinski definition) is 3. The molecule has 1 aromatic heterocycles. The largest absolute Gasteiger partial charge is 0.490 e. The number of carboxylic acids is 1. The van der Waals surface area contributed by atoms with E-state index < -0.39 is 12.1 Å². The molecule has 2 aromatic carbocycles. The second kappa shape index (κ2) is 10.1. The summed E-state index contributed by atoms with van der Waals surface area (Å²) in [5.74, 6) is -2.23. The van der Waals surface area contributed by atoms with Crippen molar-refractivity contribution in [3.8, 4) is 16.9 Å². The molecule has 3 N–H and O–H groups in total. The summed E-state index contributed by atoms with van der Waals surface area (Å²) in [5.41, 5.74) is 3.78. The number of anilines is 1. The minimum absolute atomic E-state index is 0.0195. The normalized spacial score (nSPS) is 10.5. The molecular formula is C20H18F3N3O4. The van der Waals surface area contributed by atoms with Crippen molar-refractivity contribution < 1.29 is 32.6 Å². The number of para-hydroxylation sites is 1. The van der Waals surface area contributed by atoms with Gasteiger partial charge in [0.15, 0.2) is 6.61 Å². The molecule has 0 atom stereocenters. The van der Waals surface area contributed by atoms with E-state index >= 15 is 0 Å². The van der Waals surface area contributed by atoms with Gasteiger partial charge in [-0.25, -0.2) is 4.79 Å². The van der Waals surface area contributed by atoms with Gasteiger partial charge in [-0.05, 0) is 36.2 Å². The number of nitrogens with one attached hydrogen (secondary N) is 2. The highest BCUT2D eigenvalue weighted by Gasteiger charge is 2.38. The first kappa shape index (κ1) is 22.5. The van der Waals surface area contributed by atoms with Gasteiger partial charge < -0.3 is 15.2 Å². The third-order valence-corrected chi connectivity index (χ3v) is 3.70. The number of carbonyl (C=O) groups is 2. The van der Waals surface area contributed by atoms with Gasteiger partial charge >= 0.3 is 12.1 Å². The van der Waals surface area contributed by atoms with Gasteiger partial charge in [-0.2, -0.15) is 18.3 Å². The van der Waals surface area contributed by atoms with Crippen molar-refractivity contribution in [3.63, 3.8) is 0 Å². The SMILES string of the molecule is Cc1ccccc1OCC(=O)Nc1ccc(-c2cn[nH]c2)cc1.O=C(O)C(F)(F)F. The Balaban J connectivity index is 0.000000396. The molecule has 0 unspecified atom stereocenters. The van der Waals surface area contributed by atoms with Gasteiger partial charge in [-0.3, -0.25) is 9.89 Å². The molecule has 30 heavy (non-hydrogen) atoms. The van der Waals surface area contributed by atoms with Crippen LogP contribution in [0.25, 0.3) is 11.1 Å². The number of benzene rings is 2. The van der Waals surface area contributed by atoms with Crippen LogP contribution in [0.15, 0.2) is 60.9 Å². The highest BCUT2D eigenvalue weighted by molar-refractivity contribution is 5.92. The van der Waals surface area contributed by atoms with Crippen molar-refractivity contribution in [2.24, 2.45) is 0 Å². The molecule has 10 heteroatoms. The highest BCUT2D eigenvalue weighted by Crippen LogP contribution is 2.20. The molecule has 0 radical (unpaired) electrons. The van der Waals surface area contributed by atoms with E-state index in [0.29, 0.717) is 0 Å². The zero-order valence-corrected chi connectivity index (χ0v) is 15.7. The number of hydrogen-bond acceptors (Lipinski definition) is 4. The lowest BCUT2D eigenvalue weighted by Gasteiger charge is -2.09. The Morgan fingerprint density at radius 1 is 1.10 bits per heavy atom. The van der Waals surface area contributed by atoms with Crippen LogP contribution in [-0.2, 0) is 9.59 Å². The van der Waals surface area contributed by atoms with Gasteiger partial charge in [0.1, 0.15) is 5.75 Å². The second-order valence-corrected chi connectivity index (χ2v) is 5.97. The van der Waals surface area contributed by atoms with Crippen molar-refractivity contribution in [1.82, 2.24) is 10.2 Å². The van der Waals surface area contributed by atoms with Crippen LogP contribution in [0.1, 0.15) is 5.56 Å². The zero-order valence-electron chi connectivity index (χ0n) is 15.7. The third kappa shape index (κ3) is 6.97. The Hall–Kier alpha value is -3.82. The first-order chi connectivity index (χ1) is 14.2. The smallest absolute Gasteiger partial charge is 0.483 e. The lowest BCUT2D eigenvalue weighted by atomic mass is 10.1. The van der Waals surface area contributed by atoms with E-state index in [1.165, 1.54) is 0 Å². The number of aliphatic carboxylic acids is 1. The number of carbonyl (C=O) groups excluding carboxylic acids is 1. The molecule has 0 saturated heterocycles. The van der Waals surface area contributed by atoms with Crippen LogP contribution in [0.4, 0.5) is 18.9 Å². The van der Waals surface area contributed by atoms with E-state index in [0.717, 1.165) is 28.1 Å². The molecule has 0 bridgehead atoms. The Bertz CT molecular complexity index is 972. The first-order valence-corrected chi connectivity index (χ1v) is 8.54. The maximum Gasteiger partial charge on any atom is 0.490 e. The lowest BCUT2D eigenvalue weighted by molar-refractivity contribution is -0.192. The number of H-pyrrole nitrogens is 1. The summed E-state index contributed by atoms with van der Waals surface area (Å²) in [5, 5.41) is 16.6. The molecule has 1 amide bonds. The molecule has 0 fully saturated rings. The quantitative estimate of drug-likeness (QED) is 0.577. The highest BCUT2D eigenvalue weighted by atomic mass is 19.4. The minimum Gasteiger partial charge on any atom is -0.483 e. The number of aromatic amines is 1. The minimum atomic E-state index is -5.08. The van der Waals surface area contributed by atoms with Gasteiger partial charge in [0, 0.05) is 17.4 Å². The van der Waals surface area contributed by atoms with Crippen molar-refractivity contribution in [2.75, 3.05) is 11.9 Å². The van der Waals surface area contributed by atoms with Gasteiger partial charge in [-0.15, -0.1) is 0 Å². The summed E-state index contributed by atoms with van der Waals surface area (Å²) < 4.78 is 37.3. The average molecular weight is 421 g/mol. The van der Waals surface area contributed by atoms with Gasteiger partial charge in [0.05, 0.1) is 6.20 Å². The predicted molar refractivity (Wildman–Crippen MR) is 103 cm³/mol. The Labute approximate surface area is 169 Å². The lowest BCUT2D eigenvalue weighted by Crippen LogP contribution is -2.21. The molecule has 0 aliphatic heterocycles. The van der Waals surface area contributed by atoms with Crippen LogP contribution in [-0.4, -0.2) is 40.0 Å². The maximum absolute atomic E-state index is 12.0. The number of ether oxygens (including phenoxy) is 1. The number of aromatic nitrogens is 2. The standard InChI is InChI=1S/C18H17N3O2.C2HF3O2/c1-13-4-2-3-5-17(13)23-12-18(22)21-16-8-6-14(7-9-16)15-10-19-20-11-15;3-2(4,5)1(6)7/h2-11H,12H2,1H3,(H,19,20)(H,21,22);(H,6,7). The summed E-state index contributed by atoms with van der Waals surface area (Å²) in [7, 11) is 0. The van der Waals surface area contributed by atoms with E-state index in [2.05, 4.69) is 15.5 Å². The Morgan fingerprint density at radius 2 is 1.73 bits per heavy atom. The fourth-order valence-electron chi connectivity index (χ4n) is 2.21. The van der Waals surface area contributed by atoms with E-state index in [-0.39, 0.29) is 12.5 Å². The first-order valence-electron chi connectivity index (χ1n) is 8.54. The summed E-state index contributed by atoms with van der Waals surface area (Å²) in [6, 6.07) is 15.2. The van der Waals surface area contributed by atoms with Crippen LogP contribution < -0.4 is 10.1 Å². The van der Waals surface area contributed by atoms with Gasteiger partial charge in [0.2, 0.25) is 0 Å². The van der Waals surface area contributed by atoms with Crippen molar-refractivity contribution in [3.05, 3.63) is 66.5 Å². The molecule has 1 heterocycles. The molecule has 0 aliphatic carbocycles. The molecular weight excluding hydrogens is 403 g/mol.